The van der Waals surface area contributed by atoms with Gasteiger partial charge in [-0.1, -0.05) is 11.2 Å². The second kappa shape index (κ2) is 3.65. The first-order chi connectivity index (χ1) is 7.59. The van der Waals surface area contributed by atoms with E-state index in [0.29, 0.717) is 11.3 Å². The van der Waals surface area contributed by atoms with Crippen molar-refractivity contribution in [2.24, 2.45) is 5.73 Å². The molecule has 1 aromatic carbocycles. The molecular formula is C10H10N4O2. The highest BCUT2D eigenvalue weighted by atomic mass is 16.5. The number of hydrogen-bond donors (Lipinski definition) is 2. The average Bonchev–Trinajstić information content (AvgIpc) is 2.71. The van der Waals surface area contributed by atoms with Crippen molar-refractivity contribution in [1.29, 1.82) is 0 Å². The van der Waals surface area contributed by atoms with Gasteiger partial charge in [0, 0.05) is 11.3 Å². The molecule has 1 heterocycles. The number of aromatic nitrogens is 2. The first kappa shape index (κ1) is 10.2. The number of carbonyl (C=O) groups excluding carboxylic acids is 1. The summed E-state index contributed by atoms with van der Waals surface area (Å²) in [5, 5.41) is 3.46. The van der Waals surface area contributed by atoms with Crippen LogP contribution in [0.2, 0.25) is 0 Å². The fraction of sp³-hybridized carbons (Fsp3) is 0.100. The van der Waals surface area contributed by atoms with Gasteiger partial charge in [0.25, 0.3) is 17.6 Å². The maximum Gasteiger partial charge on any atom is 0.290 e. The number of rotatable bonds is 2. The molecule has 0 unspecified atom stereocenters. The minimum absolute atomic E-state index is 0.142. The van der Waals surface area contributed by atoms with Crippen LogP contribution in [0.15, 0.2) is 22.7 Å². The minimum atomic E-state index is -0.725. The lowest BCUT2D eigenvalue weighted by Gasteiger charge is -2.02. The van der Waals surface area contributed by atoms with Gasteiger partial charge in [-0.25, -0.2) is 0 Å². The van der Waals surface area contributed by atoms with Crippen LogP contribution in [0.3, 0.4) is 0 Å². The minimum Gasteiger partial charge on any atom is -0.398 e. The van der Waals surface area contributed by atoms with Crippen LogP contribution in [0.4, 0.5) is 5.69 Å². The fourth-order valence-electron chi connectivity index (χ4n) is 1.32. The molecule has 0 aliphatic carbocycles. The number of carbonyl (C=O) groups is 1. The maximum atomic E-state index is 10.8. The molecule has 0 bridgehead atoms. The van der Waals surface area contributed by atoms with E-state index in [1.54, 1.807) is 18.2 Å². The predicted molar refractivity (Wildman–Crippen MR) is 57.4 cm³/mol. The third-order valence-corrected chi connectivity index (χ3v) is 2.25. The number of nitrogens with two attached hydrogens (primary N) is 2. The highest BCUT2D eigenvalue weighted by Gasteiger charge is 2.14. The molecule has 6 heteroatoms. The van der Waals surface area contributed by atoms with Crippen LogP contribution in [0.1, 0.15) is 16.2 Å². The molecule has 82 valence electrons. The molecule has 0 saturated carbocycles. The van der Waals surface area contributed by atoms with Gasteiger partial charge in [-0.3, -0.25) is 4.79 Å². The van der Waals surface area contributed by atoms with Gasteiger partial charge >= 0.3 is 0 Å². The molecule has 0 aliphatic rings. The molecule has 0 atom stereocenters. The normalized spacial score (nSPS) is 10.3. The van der Waals surface area contributed by atoms with E-state index in [2.05, 4.69) is 10.1 Å². The lowest BCUT2D eigenvalue weighted by molar-refractivity contribution is 0.0987. The molecular weight excluding hydrogens is 208 g/mol. The molecule has 2 aromatic rings. The summed E-state index contributed by atoms with van der Waals surface area (Å²) < 4.78 is 4.93. The van der Waals surface area contributed by atoms with Gasteiger partial charge in [0.05, 0.1) is 0 Å². The van der Waals surface area contributed by atoms with Gasteiger partial charge < -0.3 is 16.0 Å². The molecule has 0 fully saturated rings. The van der Waals surface area contributed by atoms with Crippen molar-refractivity contribution >= 4 is 11.6 Å². The quantitative estimate of drug-likeness (QED) is 0.722. The largest absolute Gasteiger partial charge is 0.398 e. The Kier molecular flexibility index (Phi) is 2.32. The van der Waals surface area contributed by atoms with Crippen LogP contribution >= 0.6 is 0 Å². The number of primary amides is 1. The third kappa shape index (κ3) is 1.60. The molecule has 0 aliphatic heterocycles. The lowest BCUT2D eigenvalue weighted by Crippen LogP contribution is -2.12. The maximum absolute atomic E-state index is 10.8. The second-order valence-electron chi connectivity index (χ2n) is 3.31. The van der Waals surface area contributed by atoms with E-state index >= 15 is 0 Å². The Morgan fingerprint density at radius 1 is 1.44 bits per heavy atom. The van der Waals surface area contributed by atoms with Crippen LogP contribution in [0, 0.1) is 6.92 Å². The summed E-state index contributed by atoms with van der Waals surface area (Å²) in [4.78, 5) is 14.7. The number of amides is 1. The van der Waals surface area contributed by atoms with Crippen molar-refractivity contribution in [3.63, 3.8) is 0 Å². The summed E-state index contributed by atoms with van der Waals surface area (Å²) in [6.45, 7) is 1.83. The van der Waals surface area contributed by atoms with Crippen LogP contribution in [0.5, 0.6) is 0 Å². The second-order valence-corrected chi connectivity index (χ2v) is 3.31. The van der Waals surface area contributed by atoms with E-state index < -0.39 is 5.91 Å². The van der Waals surface area contributed by atoms with Crippen LogP contribution < -0.4 is 11.5 Å². The molecule has 1 aromatic heterocycles. The van der Waals surface area contributed by atoms with E-state index in [4.69, 9.17) is 16.0 Å². The monoisotopic (exact) mass is 218 g/mol. The first-order valence-corrected chi connectivity index (χ1v) is 4.58. The molecule has 1 amide bonds. The van der Waals surface area contributed by atoms with Crippen molar-refractivity contribution in [3.05, 3.63) is 29.6 Å². The highest BCUT2D eigenvalue weighted by Crippen LogP contribution is 2.25. The molecule has 6 nitrogen and oxygen atoms in total. The molecule has 4 N–H and O–H groups in total. The standard InChI is InChI=1S/C10H10N4O2/c1-5-6(3-2-4-7(5)11)10-13-9(8(12)15)14-16-10/h2-4H,11H2,1H3,(H2,12,15). The lowest BCUT2D eigenvalue weighted by atomic mass is 10.1. The number of anilines is 1. The van der Waals surface area contributed by atoms with Crippen LogP contribution in [0.25, 0.3) is 11.5 Å². The summed E-state index contributed by atoms with van der Waals surface area (Å²) in [7, 11) is 0. The SMILES string of the molecule is Cc1c(N)cccc1-c1nc(C(N)=O)no1. The van der Waals surface area contributed by atoms with E-state index in [1.165, 1.54) is 0 Å². The van der Waals surface area contributed by atoms with Crippen molar-refractivity contribution in [2.45, 2.75) is 6.92 Å². The van der Waals surface area contributed by atoms with Crippen molar-refractivity contribution < 1.29 is 9.32 Å². The topological polar surface area (TPSA) is 108 Å². The van der Waals surface area contributed by atoms with Gasteiger partial charge in [-0.05, 0) is 24.6 Å². The smallest absolute Gasteiger partial charge is 0.290 e. The fourth-order valence-corrected chi connectivity index (χ4v) is 1.32. The molecule has 0 spiro atoms. The number of benzene rings is 1. The summed E-state index contributed by atoms with van der Waals surface area (Å²) in [6.07, 6.45) is 0. The van der Waals surface area contributed by atoms with Gasteiger partial charge in [0.1, 0.15) is 0 Å². The van der Waals surface area contributed by atoms with E-state index in [1.807, 2.05) is 6.92 Å². The molecule has 0 saturated heterocycles. The van der Waals surface area contributed by atoms with Crippen molar-refractivity contribution in [3.8, 4) is 11.5 Å². The average molecular weight is 218 g/mol. The summed E-state index contributed by atoms with van der Waals surface area (Å²) in [6, 6.07) is 5.32. The number of hydrogen-bond acceptors (Lipinski definition) is 5. The summed E-state index contributed by atoms with van der Waals surface area (Å²) in [5.41, 5.74) is 12.9. The van der Waals surface area contributed by atoms with E-state index in [9.17, 15) is 4.79 Å². The zero-order chi connectivity index (χ0) is 11.7. The Balaban J connectivity index is 2.50. The van der Waals surface area contributed by atoms with Gasteiger partial charge in [0.15, 0.2) is 0 Å². The summed E-state index contributed by atoms with van der Waals surface area (Å²) >= 11 is 0. The van der Waals surface area contributed by atoms with Crippen LogP contribution in [-0.4, -0.2) is 16.0 Å². The van der Waals surface area contributed by atoms with E-state index in [0.717, 1.165) is 5.56 Å². The Morgan fingerprint density at radius 3 is 2.81 bits per heavy atom. The zero-order valence-corrected chi connectivity index (χ0v) is 8.60. The number of nitrogen functional groups attached to an aromatic ring is 1. The molecule has 0 radical (unpaired) electrons. The highest BCUT2D eigenvalue weighted by molar-refractivity contribution is 5.89. The molecule has 16 heavy (non-hydrogen) atoms. The van der Waals surface area contributed by atoms with Gasteiger partial charge in [-0.15, -0.1) is 0 Å². The van der Waals surface area contributed by atoms with Crippen molar-refractivity contribution in [2.75, 3.05) is 5.73 Å². The number of nitrogens with zero attached hydrogens (tertiary/aromatic N) is 2. The Labute approximate surface area is 91.2 Å². The Hall–Kier alpha value is -2.37. The van der Waals surface area contributed by atoms with Crippen molar-refractivity contribution in [1.82, 2.24) is 10.1 Å². The summed E-state index contributed by atoms with van der Waals surface area (Å²) in [5.74, 6) is -0.632. The Bertz CT molecular complexity index is 548. The van der Waals surface area contributed by atoms with E-state index in [-0.39, 0.29) is 11.7 Å². The zero-order valence-electron chi connectivity index (χ0n) is 8.60. The van der Waals surface area contributed by atoms with Gasteiger partial charge in [0.2, 0.25) is 0 Å². The first-order valence-electron chi connectivity index (χ1n) is 4.58. The predicted octanol–water partition coefficient (Wildman–Crippen LogP) is 0.726. The Morgan fingerprint density at radius 2 is 2.19 bits per heavy atom. The molecule has 2 rings (SSSR count). The third-order valence-electron chi connectivity index (χ3n) is 2.25. The van der Waals surface area contributed by atoms with Gasteiger partial charge in [-0.2, -0.15) is 4.98 Å². The van der Waals surface area contributed by atoms with Crippen LogP contribution in [-0.2, 0) is 0 Å².